The van der Waals surface area contributed by atoms with Crippen molar-refractivity contribution in [1.82, 2.24) is 20.7 Å². The van der Waals surface area contributed by atoms with E-state index in [9.17, 15) is 14.4 Å². The van der Waals surface area contributed by atoms with Gasteiger partial charge in [0.2, 0.25) is 5.91 Å². The molecule has 47 heavy (non-hydrogen) atoms. The van der Waals surface area contributed by atoms with Crippen molar-refractivity contribution in [2.24, 2.45) is 0 Å². The monoisotopic (exact) mass is 642 g/mol. The Morgan fingerprint density at radius 2 is 1.89 bits per heavy atom. The van der Waals surface area contributed by atoms with Crippen molar-refractivity contribution in [3.05, 3.63) is 94.6 Å². The Kier molecular flexibility index (Phi) is 9.10. The number of methoxy groups -OCH3 is 1. The number of piperidine rings is 1. The lowest BCUT2D eigenvalue weighted by atomic mass is 9.98. The van der Waals surface area contributed by atoms with Crippen LogP contribution in [-0.2, 0) is 22.6 Å². The molecule has 4 aromatic rings. The number of carbonyl (C=O) groups excluding carboxylic acids is 3. The number of likely N-dealkylation sites (tertiary alicyclic amines) is 1. The lowest BCUT2D eigenvalue weighted by Gasteiger charge is -2.39. The van der Waals surface area contributed by atoms with Crippen molar-refractivity contribution in [3.8, 4) is 28.4 Å². The predicted molar refractivity (Wildman–Crippen MR) is 169 cm³/mol. The van der Waals surface area contributed by atoms with Crippen LogP contribution < -0.4 is 24.8 Å². The highest BCUT2D eigenvalue weighted by molar-refractivity contribution is 5.96. The van der Waals surface area contributed by atoms with Crippen LogP contribution >= 0.6 is 0 Å². The third-order valence-electron chi connectivity index (χ3n) is 8.50. The fraction of sp³-hybridized carbons (Fsp3) is 0.314. The van der Waals surface area contributed by atoms with Crippen LogP contribution in [0.3, 0.4) is 0 Å². The lowest BCUT2D eigenvalue weighted by Crippen LogP contribution is -2.58. The summed E-state index contributed by atoms with van der Waals surface area (Å²) in [6.07, 6.45) is -0.0570. The zero-order valence-electron chi connectivity index (χ0n) is 26.3. The van der Waals surface area contributed by atoms with Gasteiger partial charge in [0.1, 0.15) is 34.9 Å². The third kappa shape index (κ3) is 7.06. The number of fused-ring (bicyclic) bond motifs is 7. The van der Waals surface area contributed by atoms with E-state index < -0.39 is 23.9 Å². The molecule has 0 saturated carbocycles. The molecule has 1 aromatic heterocycles. The van der Waals surface area contributed by atoms with E-state index in [2.05, 4.69) is 15.8 Å². The Morgan fingerprint density at radius 3 is 2.68 bits per heavy atom. The van der Waals surface area contributed by atoms with Crippen LogP contribution in [-0.4, -0.2) is 66.7 Å². The Bertz CT molecular complexity index is 1800. The quantitative estimate of drug-likeness (QED) is 0.341. The van der Waals surface area contributed by atoms with E-state index in [-0.39, 0.29) is 43.5 Å². The number of aromatic nitrogens is 1. The Hall–Kier alpha value is -5.39. The highest BCUT2D eigenvalue weighted by Gasteiger charge is 2.35. The number of nitrogens with one attached hydrogen (secondary N) is 2. The van der Waals surface area contributed by atoms with E-state index in [0.29, 0.717) is 52.8 Å². The molecule has 3 amide bonds. The van der Waals surface area contributed by atoms with E-state index in [4.69, 9.17) is 18.7 Å². The molecular weight excluding hydrogens is 607 g/mol. The number of halogens is 1. The highest BCUT2D eigenvalue weighted by Crippen LogP contribution is 2.29. The average Bonchev–Trinajstić information content (AvgIpc) is 3.39. The largest absolute Gasteiger partial charge is 0.496 e. The van der Waals surface area contributed by atoms with Crippen molar-refractivity contribution in [3.63, 3.8) is 0 Å². The fourth-order valence-corrected chi connectivity index (χ4v) is 5.86. The minimum atomic E-state index is -0.697. The fourth-order valence-electron chi connectivity index (χ4n) is 5.86. The molecule has 3 aliphatic heterocycles. The van der Waals surface area contributed by atoms with Crippen LogP contribution in [0.5, 0.6) is 17.2 Å². The zero-order chi connectivity index (χ0) is 33.1. The molecule has 0 spiro atoms. The summed E-state index contributed by atoms with van der Waals surface area (Å²) >= 11 is 0. The second-order valence-electron chi connectivity index (χ2n) is 11.6. The molecule has 244 valence electrons. The number of hydrogen-bond acceptors (Lipinski definition) is 8. The molecule has 6 bridgehead atoms. The summed E-state index contributed by atoms with van der Waals surface area (Å²) < 4.78 is 38.1. The number of nitrogens with zero attached hydrogens (tertiary/aromatic N) is 2. The number of aryl methyl sites for hydroxylation is 2. The second kappa shape index (κ2) is 13.5. The SMILES string of the molecule is COc1cc2ccc1CNC(=O)COc1cccc(c1)-c1ccc(F)c(c1)C(=O)N[C@@H]1CN(C(=O)Cc3c(C)noc3C)CC[C@@H]1O2. The van der Waals surface area contributed by atoms with Gasteiger partial charge in [-0.2, -0.15) is 0 Å². The Morgan fingerprint density at radius 1 is 1.06 bits per heavy atom. The van der Waals surface area contributed by atoms with Crippen molar-refractivity contribution in [1.29, 1.82) is 0 Å². The van der Waals surface area contributed by atoms with Gasteiger partial charge < -0.3 is 34.3 Å². The van der Waals surface area contributed by atoms with Gasteiger partial charge in [-0.3, -0.25) is 14.4 Å². The van der Waals surface area contributed by atoms with Gasteiger partial charge in [0.25, 0.3) is 11.8 Å². The predicted octanol–water partition coefficient (Wildman–Crippen LogP) is 4.14. The van der Waals surface area contributed by atoms with Gasteiger partial charge in [0, 0.05) is 43.2 Å². The van der Waals surface area contributed by atoms with Crippen LogP contribution in [0.2, 0.25) is 0 Å². The maximum absolute atomic E-state index is 15.2. The van der Waals surface area contributed by atoms with Gasteiger partial charge in [-0.05, 0) is 61.4 Å². The van der Waals surface area contributed by atoms with Crippen LogP contribution in [0.4, 0.5) is 4.39 Å². The van der Waals surface area contributed by atoms with E-state index >= 15 is 4.39 Å². The number of benzene rings is 3. The van der Waals surface area contributed by atoms with E-state index in [0.717, 1.165) is 11.1 Å². The van der Waals surface area contributed by atoms with Gasteiger partial charge in [0.15, 0.2) is 6.61 Å². The summed E-state index contributed by atoms with van der Waals surface area (Å²) in [5.74, 6) is 0.167. The summed E-state index contributed by atoms with van der Waals surface area (Å²) in [6, 6.07) is 15.8. The maximum atomic E-state index is 15.2. The minimum absolute atomic E-state index is 0.0992. The van der Waals surface area contributed by atoms with E-state index in [1.165, 1.54) is 19.2 Å². The number of rotatable bonds is 3. The summed E-state index contributed by atoms with van der Waals surface area (Å²) in [5, 5.41) is 9.75. The summed E-state index contributed by atoms with van der Waals surface area (Å²) in [5.41, 5.74) is 3.19. The summed E-state index contributed by atoms with van der Waals surface area (Å²) in [6.45, 7) is 4.05. The lowest BCUT2D eigenvalue weighted by molar-refractivity contribution is -0.133. The van der Waals surface area contributed by atoms with E-state index in [1.807, 2.05) is 0 Å². The molecule has 2 atom stereocenters. The molecule has 12 heteroatoms. The van der Waals surface area contributed by atoms with Gasteiger partial charge in [0.05, 0.1) is 30.8 Å². The van der Waals surface area contributed by atoms with Gasteiger partial charge in [-0.25, -0.2) is 4.39 Å². The van der Waals surface area contributed by atoms with Gasteiger partial charge in [-0.15, -0.1) is 0 Å². The van der Waals surface area contributed by atoms with Crippen molar-refractivity contribution in [2.75, 3.05) is 26.8 Å². The Balaban J connectivity index is 1.33. The van der Waals surface area contributed by atoms with Crippen LogP contribution in [0.15, 0.2) is 65.2 Å². The Labute approximate surface area is 271 Å². The maximum Gasteiger partial charge on any atom is 0.258 e. The van der Waals surface area contributed by atoms with Crippen LogP contribution in [0.1, 0.15) is 39.4 Å². The van der Waals surface area contributed by atoms with Crippen LogP contribution in [0, 0.1) is 19.7 Å². The van der Waals surface area contributed by atoms with Crippen molar-refractivity contribution < 1.29 is 37.5 Å². The first-order chi connectivity index (χ1) is 22.7. The average molecular weight is 643 g/mol. The first kappa shape index (κ1) is 31.6. The number of amides is 3. The molecule has 3 aromatic carbocycles. The number of hydrogen-bond donors (Lipinski definition) is 2. The summed E-state index contributed by atoms with van der Waals surface area (Å²) in [7, 11) is 1.52. The van der Waals surface area contributed by atoms with Gasteiger partial charge >= 0.3 is 0 Å². The minimum Gasteiger partial charge on any atom is -0.496 e. The molecule has 0 radical (unpaired) electrons. The molecule has 2 N–H and O–H groups in total. The molecule has 11 nitrogen and oxygen atoms in total. The summed E-state index contributed by atoms with van der Waals surface area (Å²) in [4.78, 5) is 41.4. The molecule has 1 fully saturated rings. The van der Waals surface area contributed by atoms with E-state index in [1.54, 1.807) is 67.3 Å². The standard InChI is InChI=1S/C35H35FN4O7/c1-20-27(21(2)47-39-20)16-34(42)40-12-11-31-30(18-40)38-35(43)28-14-23(8-10-29(28)36)22-5-4-6-25(13-22)45-19-33(41)37-17-24-7-9-26(46-31)15-32(24)44-3/h4-10,13-15,30-31H,11-12,16-19H2,1-3H3,(H,37,41)(H,38,43)/t30-,31+/m1/s1. The van der Waals surface area contributed by atoms with Gasteiger partial charge in [-0.1, -0.05) is 23.4 Å². The zero-order valence-corrected chi connectivity index (χ0v) is 26.3. The van der Waals surface area contributed by atoms with Crippen molar-refractivity contribution in [2.45, 2.75) is 45.4 Å². The first-order valence-corrected chi connectivity index (χ1v) is 15.3. The molecule has 3 aliphatic rings. The molecule has 7 rings (SSSR count). The highest BCUT2D eigenvalue weighted by atomic mass is 19.1. The molecule has 4 heterocycles. The molecular formula is C35H35FN4O7. The molecule has 0 aliphatic carbocycles. The first-order valence-electron chi connectivity index (χ1n) is 15.3. The molecule has 1 saturated heterocycles. The smallest absolute Gasteiger partial charge is 0.258 e. The second-order valence-corrected chi connectivity index (χ2v) is 11.6. The van der Waals surface area contributed by atoms with Crippen LogP contribution in [0.25, 0.3) is 11.1 Å². The molecule has 0 unspecified atom stereocenters. The normalized spacial score (nSPS) is 18.3. The van der Waals surface area contributed by atoms with Crippen molar-refractivity contribution >= 4 is 17.7 Å². The number of carbonyl (C=O) groups is 3. The number of ether oxygens (including phenoxy) is 3. The third-order valence-corrected chi connectivity index (χ3v) is 8.50. The topological polar surface area (TPSA) is 132 Å².